The predicted molar refractivity (Wildman–Crippen MR) is 85.1 cm³/mol. The van der Waals surface area contributed by atoms with Gasteiger partial charge < -0.3 is 5.73 Å². The molecule has 1 unspecified atom stereocenters. The molecule has 0 fully saturated rings. The summed E-state index contributed by atoms with van der Waals surface area (Å²) in [5.41, 5.74) is 9.30. The number of nitrogens with two attached hydrogens (primary N) is 1. The Labute approximate surface area is 128 Å². The fourth-order valence-corrected chi connectivity index (χ4v) is 2.76. The van der Waals surface area contributed by atoms with Crippen LogP contribution >= 0.6 is 15.9 Å². The highest BCUT2D eigenvalue weighted by Gasteiger charge is 2.13. The van der Waals surface area contributed by atoms with Crippen molar-refractivity contribution < 1.29 is 4.39 Å². The minimum atomic E-state index is -0.326. The molecule has 3 heteroatoms. The summed E-state index contributed by atoms with van der Waals surface area (Å²) in [7, 11) is 0. The Morgan fingerprint density at radius 1 is 1.10 bits per heavy atom. The van der Waals surface area contributed by atoms with Gasteiger partial charge in [-0.05, 0) is 47.2 Å². The molecule has 0 heterocycles. The summed E-state index contributed by atoms with van der Waals surface area (Å²) in [6, 6.07) is 12.5. The van der Waals surface area contributed by atoms with Crippen LogP contribution in [-0.2, 0) is 6.42 Å². The third-order valence-corrected chi connectivity index (χ3v) is 4.00. The fourth-order valence-electron chi connectivity index (χ4n) is 2.26. The fraction of sp³-hybridized carbons (Fsp3) is 0.294. The van der Waals surface area contributed by atoms with Crippen LogP contribution in [0.3, 0.4) is 0 Å². The lowest BCUT2D eigenvalue weighted by Crippen LogP contribution is -2.13. The molecule has 0 bridgehead atoms. The normalized spacial score (nSPS) is 12.7. The first kappa shape index (κ1) is 15.2. The van der Waals surface area contributed by atoms with Gasteiger partial charge in [0.25, 0.3) is 0 Å². The van der Waals surface area contributed by atoms with Gasteiger partial charge >= 0.3 is 0 Å². The summed E-state index contributed by atoms with van der Waals surface area (Å²) in [5.74, 6) is 0.363. The second-order valence-corrected chi connectivity index (χ2v) is 6.34. The molecule has 2 aromatic rings. The van der Waals surface area contributed by atoms with Crippen molar-refractivity contribution in [2.24, 2.45) is 11.7 Å². The zero-order valence-corrected chi connectivity index (χ0v) is 13.3. The number of hydrogen-bond donors (Lipinski definition) is 1. The van der Waals surface area contributed by atoms with Crippen molar-refractivity contribution in [3.8, 4) is 0 Å². The van der Waals surface area contributed by atoms with E-state index in [1.807, 2.05) is 12.1 Å². The minimum Gasteiger partial charge on any atom is -0.320 e. The molecule has 2 rings (SSSR count). The van der Waals surface area contributed by atoms with Crippen molar-refractivity contribution in [3.05, 3.63) is 69.4 Å². The molecular formula is C17H19BrFN. The SMILES string of the molecule is CC(C)Cc1ccc(C(N)c2cc(F)ccc2Br)cc1. The van der Waals surface area contributed by atoms with E-state index in [0.717, 1.165) is 22.0 Å². The molecule has 0 aliphatic rings. The standard InChI is InChI=1S/C17H19BrFN/c1-11(2)9-12-3-5-13(6-4-12)17(20)15-10-14(19)7-8-16(15)18/h3-8,10-11,17H,9,20H2,1-2H3. The molecule has 20 heavy (non-hydrogen) atoms. The third kappa shape index (κ3) is 3.68. The Balaban J connectivity index is 2.24. The highest BCUT2D eigenvalue weighted by molar-refractivity contribution is 9.10. The first-order chi connectivity index (χ1) is 9.47. The minimum absolute atomic E-state index is 0.268. The molecule has 1 nitrogen and oxygen atoms in total. The Bertz CT molecular complexity index is 578. The Hall–Kier alpha value is -1.19. The molecule has 0 aromatic heterocycles. The number of halogens is 2. The van der Waals surface area contributed by atoms with Crippen molar-refractivity contribution in [1.82, 2.24) is 0 Å². The average Bonchev–Trinajstić information content (AvgIpc) is 2.41. The van der Waals surface area contributed by atoms with E-state index >= 15 is 0 Å². The molecule has 2 aromatic carbocycles. The lowest BCUT2D eigenvalue weighted by molar-refractivity contribution is 0.623. The molecule has 0 spiro atoms. The molecule has 0 aliphatic carbocycles. The molecule has 0 radical (unpaired) electrons. The molecule has 106 valence electrons. The van der Waals surface area contributed by atoms with Crippen LogP contribution in [0.1, 0.15) is 36.6 Å². The first-order valence-corrected chi connectivity index (χ1v) is 7.56. The summed E-state index contributed by atoms with van der Waals surface area (Å²) in [5, 5.41) is 0. The van der Waals surface area contributed by atoms with E-state index in [9.17, 15) is 4.39 Å². The Morgan fingerprint density at radius 3 is 2.35 bits per heavy atom. The van der Waals surface area contributed by atoms with Gasteiger partial charge in [0.05, 0.1) is 6.04 Å². The van der Waals surface area contributed by atoms with Gasteiger partial charge in [-0.3, -0.25) is 0 Å². The zero-order valence-electron chi connectivity index (χ0n) is 11.7. The highest BCUT2D eigenvalue weighted by atomic mass is 79.9. The maximum atomic E-state index is 13.4. The highest BCUT2D eigenvalue weighted by Crippen LogP contribution is 2.28. The van der Waals surface area contributed by atoms with Gasteiger partial charge in [0.1, 0.15) is 5.82 Å². The van der Waals surface area contributed by atoms with Crippen LogP contribution in [0, 0.1) is 11.7 Å². The molecule has 0 saturated carbocycles. The van der Waals surface area contributed by atoms with Crippen LogP contribution in [0.25, 0.3) is 0 Å². The van der Waals surface area contributed by atoms with E-state index < -0.39 is 0 Å². The summed E-state index contributed by atoms with van der Waals surface area (Å²) in [4.78, 5) is 0. The van der Waals surface area contributed by atoms with Crippen molar-refractivity contribution in [2.75, 3.05) is 0 Å². The monoisotopic (exact) mass is 335 g/mol. The van der Waals surface area contributed by atoms with Gasteiger partial charge in [-0.15, -0.1) is 0 Å². The number of rotatable bonds is 4. The van der Waals surface area contributed by atoms with Crippen LogP contribution in [0.5, 0.6) is 0 Å². The molecular weight excluding hydrogens is 317 g/mol. The Kier molecular flexibility index (Phi) is 4.95. The van der Waals surface area contributed by atoms with E-state index in [4.69, 9.17) is 5.73 Å². The summed E-state index contributed by atoms with van der Waals surface area (Å²) >= 11 is 3.43. The maximum absolute atomic E-state index is 13.4. The third-order valence-electron chi connectivity index (χ3n) is 3.28. The number of hydrogen-bond acceptors (Lipinski definition) is 1. The van der Waals surface area contributed by atoms with Crippen LogP contribution < -0.4 is 5.73 Å². The number of benzene rings is 2. The van der Waals surface area contributed by atoms with Gasteiger partial charge in [-0.25, -0.2) is 4.39 Å². The van der Waals surface area contributed by atoms with Gasteiger partial charge in [0, 0.05) is 4.47 Å². The van der Waals surface area contributed by atoms with Crippen molar-refractivity contribution >= 4 is 15.9 Å². The molecule has 0 amide bonds. The summed E-state index contributed by atoms with van der Waals surface area (Å²) in [6.07, 6.45) is 1.05. The Morgan fingerprint density at radius 2 is 1.75 bits per heavy atom. The molecule has 0 aliphatic heterocycles. The predicted octanol–water partition coefficient (Wildman–Crippen LogP) is 4.83. The average molecular weight is 336 g/mol. The first-order valence-electron chi connectivity index (χ1n) is 6.76. The second-order valence-electron chi connectivity index (χ2n) is 5.48. The van der Waals surface area contributed by atoms with E-state index in [1.165, 1.54) is 17.7 Å². The summed E-state index contributed by atoms with van der Waals surface area (Å²) < 4.78 is 14.2. The molecule has 0 saturated heterocycles. The summed E-state index contributed by atoms with van der Waals surface area (Å²) in [6.45, 7) is 4.40. The van der Waals surface area contributed by atoms with Crippen molar-refractivity contribution in [2.45, 2.75) is 26.3 Å². The lowest BCUT2D eigenvalue weighted by atomic mass is 9.96. The van der Waals surface area contributed by atoms with Crippen LogP contribution in [0.2, 0.25) is 0 Å². The smallest absolute Gasteiger partial charge is 0.123 e. The second kappa shape index (κ2) is 6.51. The van der Waals surface area contributed by atoms with Gasteiger partial charge in [-0.2, -0.15) is 0 Å². The van der Waals surface area contributed by atoms with Crippen LogP contribution in [0.4, 0.5) is 4.39 Å². The maximum Gasteiger partial charge on any atom is 0.123 e. The van der Waals surface area contributed by atoms with Crippen molar-refractivity contribution in [1.29, 1.82) is 0 Å². The van der Waals surface area contributed by atoms with E-state index in [2.05, 4.69) is 41.9 Å². The van der Waals surface area contributed by atoms with Gasteiger partial charge in [0.2, 0.25) is 0 Å². The quantitative estimate of drug-likeness (QED) is 0.850. The molecule has 1 atom stereocenters. The topological polar surface area (TPSA) is 26.0 Å². The molecule has 2 N–H and O–H groups in total. The van der Waals surface area contributed by atoms with Gasteiger partial charge in [0.15, 0.2) is 0 Å². The van der Waals surface area contributed by atoms with E-state index in [1.54, 1.807) is 6.07 Å². The lowest BCUT2D eigenvalue weighted by Gasteiger charge is -2.15. The van der Waals surface area contributed by atoms with Gasteiger partial charge in [-0.1, -0.05) is 54.0 Å². The van der Waals surface area contributed by atoms with Crippen molar-refractivity contribution in [3.63, 3.8) is 0 Å². The van der Waals surface area contributed by atoms with E-state index in [0.29, 0.717) is 5.92 Å². The van der Waals surface area contributed by atoms with Crippen LogP contribution in [0.15, 0.2) is 46.9 Å². The van der Waals surface area contributed by atoms with Crippen LogP contribution in [-0.4, -0.2) is 0 Å². The van der Waals surface area contributed by atoms with E-state index in [-0.39, 0.29) is 11.9 Å². The largest absolute Gasteiger partial charge is 0.320 e. The zero-order chi connectivity index (χ0) is 14.7.